The first-order chi connectivity index (χ1) is 30.6. The van der Waals surface area contributed by atoms with Crippen molar-refractivity contribution < 1.29 is 84.7 Å². The lowest BCUT2D eigenvalue weighted by Crippen LogP contribution is -2.61. The summed E-state index contributed by atoms with van der Waals surface area (Å²) in [5, 5.41) is 118. The molecule has 0 amide bonds. The van der Waals surface area contributed by atoms with Crippen molar-refractivity contribution in [3.8, 4) is 0 Å². The number of aliphatic carboxylic acids is 1. The molecule has 368 valence electrons. The topological polar surface area (TPSA) is 320 Å². The molecule has 3 heterocycles. The van der Waals surface area contributed by atoms with Gasteiger partial charge in [-0.05, 0) is 33.1 Å². The Kier molecular flexibility index (Phi) is 23.6. The summed E-state index contributed by atoms with van der Waals surface area (Å²) in [4.78, 5) is 25.1. The quantitative estimate of drug-likeness (QED) is 0.174. The van der Waals surface area contributed by atoms with Crippen molar-refractivity contribution in [2.45, 2.75) is 177 Å². The predicted molar refractivity (Wildman–Crippen MR) is 237 cm³/mol. The lowest BCUT2D eigenvalue weighted by molar-refractivity contribution is -0.308. The molecule has 1 unspecified atom stereocenters. The SMILES string of the molecule is C[C@@H]1[C@H](O)[C@@H](C)/C=C/C=C\C=C\C=C\C=C\C=C\C=C\[C@H](O[C@@H]2O[C@H](C)[C@@H](O)[C@H](N)[C@@H]2O)C[C@@H]2O[C@](O)(CC(O)C[C@@H](O)[C@H](O)CC[C@@H](O)C[C@@H](O)CC(=O)O[C@H]1C)C[C@H](O)[C@H]2C(=O)O. The molecule has 0 spiro atoms. The summed E-state index contributed by atoms with van der Waals surface area (Å²) in [6, 6.07) is -1.15. The second-order valence-corrected chi connectivity index (χ2v) is 17.6. The Morgan fingerprint density at radius 3 is 1.82 bits per heavy atom. The van der Waals surface area contributed by atoms with Crippen molar-refractivity contribution in [2.75, 3.05) is 0 Å². The first-order valence-corrected chi connectivity index (χ1v) is 22.3. The zero-order chi connectivity index (χ0) is 48.4. The minimum Gasteiger partial charge on any atom is -0.481 e. The van der Waals surface area contributed by atoms with E-state index in [1.54, 1.807) is 80.7 Å². The number of carbonyl (C=O) groups excluding carboxylic acids is 1. The number of carbonyl (C=O) groups is 2. The number of esters is 1. The Balaban J connectivity index is 1.86. The molecule has 3 rings (SSSR count). The normalized spacial score (nSPS) is 45.5. The van der Waals surface area contributed by atoms with E-state index >= 15 is 0 Å². The van der Waals surface area contributed by atoms with Gasteiger partial charge >= 0.3 is 11.9 Å². The highest BCUT2D eigenvalue weighted by molar-refractivity contribution is 5.71. The zero-order valence-electron chi connectivity index (χ0n) is 37.6. The van der Waals surface area contributed by atoms with Crippen LogP contribution in [0.5, 0.6) is 0 Å². The molecule has 0 aromatic heterocycles. The smallest absolute Gasteiger partial charge is 0.311 e. The molecule has 2 saturated heterocycles. The van der Waals surface area contributed by atoms with Crippen LogP contribution in [-0.4, -0.2) is 166 Å². The Morgan fingerprint density at radius 1 is 0.662 bits per heavy atom. The summed E-state index contributed by atoms with van der Waals surface area (Å²) in [5.41, 5.74) is 6.02. The predicted octanol–water partition coefficient (Wildman–Crippen LogP) is 0.712. The minimum absolute atomic E-state index is 0.107. The van der Waals surface area contributed by atoms with Gasteiger partial charge in [-0.2, -0.15) is 0 Å². The van der Waals surface area contributed by atoms with E-state index in [0.717, 1.165) is 0 Å². The van der Waals surface area contributed by atoms with Crippen molar-refractivity contribution in [3.63, 3.8) is 0 Å². The maximum atomic E-state index is 12.6. The number of aliphatic hydroxyl groups excluding tert-OH is 9. The number of carboxylic acid groups (broad SMARTS) is 1. The van der Waals surface area contributed by atoms with E-state index in [-0.39, 0.29) is 31.6 Å². The number of hydrogen-bond donors (Lipinski definition) is 12. The fourth-order valence-corrected chi connectivity index (χ4v) is 7.97. The van der Waals surface area contributed by atoms with Crippen LogP contribution >= 0.6 is 0 Å². The Bertz CT molecular complexity index is 1670. The molecule has 0 aliphatic carbocycles. The number of carboxylic acids is 1. The van der Waals surface area contributed by atoms with Gasteiger partial charge in [-0.25, -0.2) is 0 Å². The molecule has 2 bridgehead atoms. The van der Waals surface area contributed by atoms with Crippen LogP contribution in [0, 0.1) is 17.8 Å². The van der Waals surface area contributed by atoms with Gasteiger partial charge in [0.25, 0.3) is 0 Å². The van der Waals surface area contributed by atoms with E-state index in [1.807, 2.05) is 19.1 Å². The molecule has 0 aromatic rings. The van der Waals surface area contributed by atoms with Crippen LogP contribution in [-0.2, 0) is 28.5 Å². The van der Waals surface area contributed by atoms with Crippen LogP contribution in [0.3, 0.4) is 0 Å². The van der Waals surface area contributed by atoms with Crippen molar-refractivity contribution in [3.05, 3.63) is 85.1 Å². The standard InChI is InChI=1S/C47H73NO17/c1-27-17-15-13-11-9-7-5-6-8-10-12-14-16-18-34(64-46-44(58)41(48)43(57)30(4)63-46)24-38-40(45(59)60)37(54)26-47(61,65-38)25-33(51)22-36(53)35(52)20-19-31(49)21-32(50)23-39(55)62-29(3)28(2)42(27)56/h5-18,27-38,40-44,46,49-54,56-58,61H,19-26,48H2,1-4H3,(H,59,60)/b6-5+,9-7+,10-8+,13-11-,14-12+,17-15+,18-16+/t27-,28-,29-,30+,31+,32+,33?,34-,35+,36+,37-,38-,40+,41-,42+,43+,44-,46-,47+/m0/s1. The van der Waals surface area contributed by atoms with E-state index in [4.69, 9.17) is 24.7 Å². The second-order valence-electron chi connectivity index (χ2n) is 17.6. The summed E-state index contributed by atoms with van der Waals surface area (Å²) in [7, 11) is 0. The summed E-state index contributed by atoms with van der Waals surface area (Å²) in [6.07, 6.45) is 3.46. The van der Waals surface area contributed by atoms with E-state index < -0.39 is 147 Å². The van der Waals surface area contributed by atoms with Gasteiger partial charge < -0.3 is 80.9 Å². The van der Waals surface area contributed by atoms with E-state index in [0.29, 0.717) is 0 Å². The number of allylic oxidation sites excluding steroid dienone is 12. The highest BCUT2D eigenvalue weighted by Gasteiger charge is 2.51. The van der Waals surface area contributed by atoms with Crippen LogP contribution in [0.2, 0.25) is 0 Å². The molecule has 19 atom stereocenters. The van der Waals surface area contributed by atoms with Gasteiger partial charge in [0.1, 0.15) is 18.1 Å². The zero-order valence-corrected chi connectivity index (χ0v) is 37.6. The van der Waals surface area contributed by atoms with Crippen LogP contribution in [0.15, 0.2) is 85.1 Å². The van der Waals surface area contributed by atoms with Crippen LogP contribution in [0.1, 0.15) is 79.1 Å². The molecular formula is C47H73NO17. The maximum absolute atomic E-state index is 12.6. The van der Waals surface area contributed by atoms with Crippen LogP contribution < -0.4 is 5.73 Å². The molecule has 0 saturated carbocycles. The molecule has 18 nitrogen and oxygen atoms in total. The van der Waals surface area contributed by atoms with Gasteiger partial charge in [0.2, 0.25) is 0 Å². The first-order valence-electron chi connectivity index (χ1n) is 22.3. The van der Waals surface area contributed by atoms with Crippen LogP contribution in [0.25, 0.3) is 0 Å². The second kappa shape index (κ2) is 27.4. The van der Waals surface area contributed by atoms with Crippen molar-refractivity contribution in [1.82, 2.24) is 0 Å². The molecule has 18 heteroatoms. The highest BCUT2D eigenvalue weighted by atomic mass is 16.7. The Morgan fingerprint density at radius 2 is 1.23 bits per heavy atom. The average Bonchev–Trinajstić information content (AvgIpc) is 3.21. The largest absolute Gasteiger partial charge is 0.481 e. The van der Waals surface area contributed by atoms with Crippen LogP contribution in [0.4, 0.5) is 0 Å². The molecule has 2 fully saturated rings. The molecule has 65 heavy (non-hydrogen) atoms. The number of aliphatic hydroxyl groups is 10. The summed E-state index contributed by atoms with van der Waals surface area (Å²) >= 11 is 0. The van der Waals surface area contributed by atoms with Gasteiger partial charge in [-0.3, -0.25) is 9.59 Å². The molecule has 13 N–H and O–H groups in total. The monoisotopic (exact) mass is 923 g/mol. The molecule has 0 aromatic carbocycles. The fourth-order valence-electron chi connectivity index (χ4n) is 7.97. The molecular weight excluding hydrogens is 851 g/mol. The van der Waals surface area contributed by atoms with Gasteiger partial charge in [0, 0.05) is 37.5 Å². The summed E-state index contributed by atoms with van der Waals surface area (Å²) in [6.45, 7) is 6.74. The number of ether oxygens (including phenoxy) is 4. The van der Waals surface area contributed by atoms with Gasteiger partial charge in [-0.15, -0.1) is 0 Å². The number of hydrogen-bond acceptors (Lipinski definition) is 17. The number of fused-ring (bicyclic) bond motifs is 2. The summed E-state index contributed by atoms with van der Waals surface area (Å²) in [5.74, 6) is -6.83. The lowest BCUT2D eigenvalue weighted by atomic mass is 9.82. The van der Waals surface area contributed by atoms with Crippen molar-refractivity contribution in [1.29, 1.82) is 0 Å². The van der Waals surface area contributed by atoms with E-state index in [2.05, 4.69) is 0 Å². The number of nitrogens with two attached hydrogens (primary N) is 1. The third kappa shape index (κ3) is 18.6. The van der Waals surface area contributed by atoms with Crippen molar-refractivity contribution in [2.24, 2.45) is 23.5 Å². The fraction of sp³-hybridized carbons (Fsp3) is 0.660. The first kappa shape index (κ1) is 55.9. The molecule has 3 aliphatic heterocycles. The van der Waals surface area contributed by atoms with Gasteiger partial charge in [-0.1, -0.05) is 98.9 Å². The molecule has 3 aliphatic rings. The van der Waals surface area contributed by atoms with Crippen molar-refractivity contribution >= 4 is 11.9 Å². The number of rotatable bonds is 3. The van der Waals surface area contributed by atoms with Gasteiger partial charge in [0.05, 0.1) is 79.6 Å². The summed E-state index contributed by atoms with van der Waals surface area (Å²) < 4.78 is 23.1. The average molecular weight is 924 g/mol. The third-order valence-corrected chi connectivity index (χ3v) is 12.0. The van der Waals surface area contributed by atoms with Gasteiger partial charge in [0.15, 0.2) is 12.1 Å². The lowest BCUT2D eigenvalue weighted by Gasteiger charge is -2.45. The maximum Gasteiger partial charge on any atom is 0.311 e. The number of cyclic esters (lactones) is 1. The molecule has 0 radical (unpaired) electrons. The van der Waals surface area contributed by atoms with E-state index in [1.165, 1.54) is 13.0 Å². The Hall–Kier alpha value is -3.44. The highest BCUT2D eigenvalue weighted by Crippen LogP contribution is 2.38. The minimum atomic E-state index is -2.33. The Labute approximate surface area is 381 Å². The third-order valence-electron chi connectivity index (χ3n) is 12.0. The van der Waals surface area contributed by atoms with E-state index in [9.17, 15) is 65.8 Å².